The summed E-state index contributed by atoms with van der Waals surface area (Å²) in [5.74, 6) is 1.47. The normalized spacial score (nSPS) is 35.5. The molecule has 4 atom stereocenters. The number of rotatable bonds is 2. The molecule has 2 saturated heterocycles. The summed E-state index contributed by atoms with van der Waals surface area (Å²) in [5, 5.41) is 3.44. The van der Waals surface area contributed by atoms with Crippen molar-refractivity contribution in [1.82, 2.24) is 10.2 Å². The van der Waals surface area contributed by atoms with E-state index in [4.69, 9.17) is 4.74 Å². The highest BCUT2D eigenvalue weighted by Crippen LogP contribution is 2.26. The highest BCUT2D eigenvalue weighted by atomic mass is 16.6. The molecule has 2 rings (SSSR count). The molecular formula is C17H32N2O2. The summed E-state index contributed by atoms with van der Waals surface area (Å²) < 4.78 is 5.56. The number of hydrogen-bond acceptors (Lipinski definition) is 4. The third-order valence-corrected chi connectivity index (χ3v) is 4.48. The van der Waals surface area contributed by atoms with Crippen molar-refractivity contribution in [3.8, 4) is 0 Å². The Hall–Kier alpha value is -0.610. The van der Waals surface area contributed by atoms with Gasteiger partial charge in [0.25, 0.3) is 0 Å². The van der Waals surface area contributed by atoms with E-state index in [9.17, 15) is 4.79 Å². The summed E-state index contributed by atoms with van der Waals surface area (Å²) >= 11 is 0. The smallest absolute Gasteiger partial charge is 0.310 e. The predicted molar refractivity (Wildman–Crippen MR) is 85.1 cm³/mol. The zero-order valence-electron chi connectivity index (χ0n) is 14.3. The summed E-state index contributed by atoms with van der Waals surface area (Å²) in [5.41, 5.74) is -0.391. The first-order valence-corrected chi connectivity index (χ1v) is 8.42. The van der Waals surface area contributed by atoms with Crippen LogP contribution >= 0.6 is 0 Å². The number of hydrogen-bond donors (Lipinski definition) is 1. The number of ether oxygens (including phenoxy) is 1. The number of carbonyl (C=O) groups is 1. The third-order valence-electron chi connectivity index (χ3n) is 4.48. The van der Waals surface area contributed by atoms with Crippen molar-refractivity contribution in [2.45, 2.75) is 59.1 Å². The maximum atomic E-state index is 12.3. The van der Waals surface area contributed by atoms with Crippen molar-refractivity contribution in [3.05, 3.63) is 0 Å². The van der Waals surface area contributed by atoms with E-state index in [2.05, 4.69) is 24.1 Å². The number of esters is 1. The molecule has 0 amide bonds. The van der Waals surface area contributed by atoms with Crippen LogP contribution in [0.3, 0.4) is 0 Å². The van der Waals surface area contributed by atoms with Crippen LogP contribution in [0.2, 0.25) is 0 Å². The van der Waals surface area contributed by atoms with Gasteiger partial charge in [0.05, 0.1) is 5.92 Å². The topological polar surface area (TPSA) is 41.6 Å². The molecule has 2 heterocycles. The van der Waals surface area contributed by atoms with Gasteiger partial charge in [0.2, 0.25) is 0 Å². The molecule has 21 heavy (non-hydrogen) atoms. The molecule has 0 unspecified atom stereocenters. The summed E-state index contributed by atoms with van der Waals surface area (Å²) in [4.78, 5) is 14.9. The molecule has 0 aromatic carbocycles. The molecule has 0 bridgehead atoms. The SMILES string of the molecule is C[C@@H]1C[C@H](C)CN([C@H]2CNC[C@H](C(=O)OC(C)(C)C)C2)C1. The van der Waals surface area contributed by atoms with Gasteiger partial charge in [0.1, 0.15) is 5.60 Å². The molecule has 0 spiro atoms. The zero-order chi connectivity index (χ0) is 15.6. The Morgan fingerprint density at radius 3 is 2.29 bits per heavy atom. The Morgan fingerprint density at radius 2 is 1.71 bits per heavy atom. The molecular weight excluding hydrogens is 264 g/mol. The van der Waals surface area contributed by atoms with Crippen LogP contribution in [0.25, 0.3) is 0 Å². The van der Waals surface area contributed by atoms with Gasteiger partial charge in [-0.15, -0.1) is 0 Å². The quantitative estimate of drug-likeness (QED) is 0.794. The van der Waals surface area contributed by atoms with Crippen LogP contribution in [0.5, 0.6) is 0 Å². The van der Waals surface area contributed by atoms with E-state index in [1.165, 1.54) is 6.42 Å². The molecule has 122 valence electrons. The average Bonchev–Trinajstić information content (AvgIpc) is 2.36. The van der Waals surface area contributed by atoms with E-state index in [1.807, 2.05) is 20.8 Å². The van der Waals surface area contributed by atoms with Gasteiger partial charge < -0.3 is 10.1 Å². The highest BCUT2D eigenvalue weighted by Gasteiger charge is 2.35. The molecule has 2 aliphatic heterocycles. The van der Waals surface area contributed by atoms with Crippen LogP contribution in [-0.2, 0) is 9.53 Å². The van der Waals surface area contributed by atoms with Crippen molar-refractivity contribution in [3.63, 3.8) is 0 Å². The summed E-state index contributed by atoms with van der Waals surface area (Å²) in [6.07, 6.45) is 2.26. The maximum Gasteiger partial charge on any atom is 0.310 e. The van der Waals surface area contributed by atoms with E-state index >= 15 is 0 Å². The largest absolute Gasteiger partial charge is 0.460 e. The second-order valence-electron chi connectivity index (χ2n) is 8.18. The average molecular weight is 296 g/mol. The van der Waals surface area contributed by atoms with Gasteiger partial charge >= 0.3 is 5.97 Å². The van der Waals surface area contributed by atoms with E-state index in [1.54, 1.807) is 0 Å². The molecule has 4 nitrogen and oxygen atoms in total. The molecule has 0 aliphatic carbocycles. The van der Waals surface area contributed by atoms with Crippen molar-refractivity contribution < 1.29 is 9.53 Å². The maximum absolute atomic E-state index is 12.3. The Labute approximate surface area is 129 Å². The Bertz CT molecular complexity index is 354. The lowest BCUT2D eigenvalue weighted by molar-refractivity contribution is -0.161. The fourth-order valence-corrected chi connectivity index (χ4v) is 3.77. The van der Waals surface area contributed by atoms with Gasteiger partial charge in [-0.25, -0.2) is 0 Å². The van der Waals surface area contributed by atoms with Crippen LogP contribution in [0.15, 0.2) is 0 Å². The van der Waals surface area contributed by atoms with Gasteiger partial charge in [0, 0.05) is 32.2 Å². The number of nitrogens with zero attached hydrogens (tertiary/aromatic N) is 1. The van der Waals surface area contributed by atoms with E-state index < -0.39 is 5.60 Å². The van der Waals surface area contributed by atoms with Crippen molar-refractivity contribution in [1.29, 1.82) is 0 Å². The van der Waals surface area contributed by atoms with Crippen LogP contribution < -0.4 is 5.32 Å². The standard InChI is InChI=1S/C17H32N2O2/c1-12-6-13(2)11-19(10-12)15-7-14(8-18-9-15)16(20)21-17(3,4)5/h12-15,18H,6-11H2,1-5H3/t12-,13+,14-,15-/m1/s1. The lowest BCUT2D eigenvalue weighted by atomic mass is 9.88. The minimum atomic E-state index is -0.391. The first-order chi connectivity index (χ1) is 9.74. The van der Waals surface area contributed by atoms with Crippen molar-refractivity contribution in [2.75, 3.05) is 26.2 Å². The monoisotopic (exact) mass is 296 g/mol. The molecule has 0 aromatic rings. The predicted octanol–water partition coefficient (Wildman–Crippen LogP) is 2.28. The number of nitrogens with one attached hydrogen (secondary N) is 1. The van der Waals surface area contributed by atoms with E-state index in [0.717, 1.165) is 44.4 Å². The Balaban J connectivity index is 1.92. The third kappa shape index (κ3) is 4.96. The minimum absolute atomic E-state index is 0.00415. The fourth-order valence-electron chi connectivity index (χ4n) is 3.77. The van der Waals surface area contributed by atoms with Crippen LogP contribution in [0, 0.1) is 17.8 Å². The first kappa shape index (κ1) is 16.8. The molecule has 1 N–H and O–H groups in total. The summed E-state index contributed by atoms with van der Waals surface area (Å²) in [6, 6.07) is 0.474. The van der Waals surface area contributed by atoms with Crippen molar-refractivity contribution in [2.24, 2.45) is 17.8 Å². The molecule has 0 radical (unpaired) electrons. The Kier molecular flexibility index (Phi) is 5.31. The van der Waals surface area contributed by atoms with Crippen LogP contribution in [0.1, 0.15) is 47.5 Å². The molecule has 2 aliphatic rings. The number of piperidine rings is 2. The molecule has 2 fully saturated rings. The first-order valence-electron chi connectivity index (χ1n) is 8.42. The van der Waals surface area contributed by atoms with Crippen LogP contribution in [-0.4, -0.2) is 48.7 Å². The van der Waals surface area contributed by atoms with E-state index in [-0.39, 0.29) is 11.9 Å². The number of likely N-dealkylation sites (tertiary alicyclic amines) is 1. The van der Waals surface area contributed by atoms with E-state index in [0.29, 0.717) is 6.04 Å². The van der Waals surface area contributed by atoms with Crippen molar-refractivity contribution >= 4 is 5.97 Å². The Morgan fingerprint density at radius 1 is 1.10 bits per heavy atom. The summed E-state index contributed by atoms with van der Waals surface area (Å²) in [6.45, 7) is 14.6. The van der Waals surface area contributed by atoms with Gasteiger partial charge in [-0.3, -0.25) is 9.69 Å². The highest BCUT2D eigenvalue weighted by molar-refractivity contribution is 5.73. The van der Waals surface area contributed by atoms with Gasteiger partial charge in [-0.1, -0.05) is 13.8 Å². The molecule has 0 aromatic heterocycles. The fraction of sp³-hybridized carbons (Fsp3) is 0.941. The number of carbonyl (C=O) groups excluding carboxylic acids is 1. The van der Waals surface area contributed by atoms with Crippen LogP contribution in [0.4, 0.5) is 0 Å². The second-order valence-corrected chi connectivity index (χ2v) is 8.18. The summed E-state index contributed by atoms with van der Waals surface area (Å²) in [7, 11) is 0. The second kappa shape index (κ2) is 6.66. The van der Waals surface area contributed by atoms with Gasteiger partial charge in [-0.05, 0) is 45.4 Å². The lowest BCUT2D eigenvalue weighted by Crippen LogP contribution is -2.54. The van der Waals surface area contributed by atoms with Gasteiger partial charge in [-0.2, -0.15) is 0 Å². The van der Waals surface area contributed by atoms with Gasteiger partial charge in [0.15, 0.2) is 0 Å². The molecule has 0 saturated carbocycles. The lowest BCUT2D eigenvalue weighted by Gasteiger charge is -2.43. The minimum Gasteiger partial charge on any atom is -0.460 e. The molecule has 4 heteroatoms. The zero-order valence-corrected chi connectivity index (χ0v) is 14.3.